The zero-order valence-electron chi connectivity index (χ0n) is 9.11. The monoisotopic (exact) mass is 295 g/mol. The van der Waals surface area contributed by atoms with Crippen molar-refractivity contribution in [2.24, 2.45) is 5.73 Å². The summed E-state index contributed by atoms with van der Waals surface area (Å²) >= 11 is 5.17. The van der Waals surface area contributed by atoms with E-state index in [1.165, 1.54) is 16.0 Å². The minimum atomic E-state index is 0.0948. The maximum Gasteiger partial charge on any atom is 0.0431 e. The first-order valence-electron chi connectivity index (χ1n) is 5.21. The third-order valence-corrected chi connectivity index (χ3v) is 4.48. The lowest BCUT2D eigenvalue weighted by atomic mass is 10.0. The molecule has 3 heteroatoms. The second-order valence-electron chi connectivity index (χ2n) is 3.90. The molecular weight excluding hydrogens is 282 g/mol. The summed E-state index contributed by atoms with van der Waals surface area (Å²) < 4.78 is 1.12. The standard InChI is InChI=1S/C13H14BrNS/c1-9-4-2-3-5-10(9)6-12(15)13-7-11(14)8-16-13/h2-5,7-8,12H,6,15H2,1H3. The highest BCUT2D eigenvalue weighted by Crippen LogP contribution is 2.26. The van der Waals surface area contributed by atoms with Crippen LogP contribution in [0.5, 0.6) is 0 Å². The molecule has 0 spiro atoms. The van der Waals surface area contributed by atoms with Crippen molar-refractivity contribution in [3.63, 3.8) is 0 Å². The molecule has 1 nitrogen and oxygen atoms in total. The van der Waals surface area contributed by atoms with E-state index < -0.39 is 0 Å². The van der Waals surface area contributed by atoms with Crippen molar-refractivity contribution in [1.29, 1.82) is 0 Å². The zero-order chi connectivity index (χ0) is 11.5. The van der Waals surface area contributed by atoms with Gasteiger partial charge in [-0.3, -0.25) is 0 Å². The molecule has 2 aromatic rings. The fourth-order valence-electron chi connectivity index (χ4n) is 1.70. The first-order chi connectivity index (χ1) is 7.66. The van der Waals surface area contributed by atoms with Crippen LogP contribution in [0.25, 0.3) is 0 Å². The zero-order valence-corrected chi connectivity index (χ0v) is 11.5. The van der Waals surface area contributed by atoms with E-state index >= 15 is 0 Å². The summed E-state index contributed by atoms with van der Waals surface area (Å²) in [5.74, 6) is 0. The van der Waals surface area contributed by atoms with Gasteiger partial charge in [0.1, 0.15) is 0 Å². The van der Waals surface area contributed by atoms with Gasteiger partial charge in [-0.15, -0.1) is 11.3 Å². The van der Waals surface area contributed by atoms with Crippen LogP contribution in [0.15, 0.2) is 40.2 Å². The molecule has 0 aliphatic carbocycles. The summed E-state index contributed by atoms with van der Waals surface area (Å²) in [6.45, 7) is 2.13. The molecule has 0 saturated carbocycles. The molecule has 0 saturated heterocycles. The molecule has 1 aromatic carbocycles. The van der Waals surface area contributed by atoms with Crippen LogP contribution in [0.1, 0.15) is 22.0 Å². The summed E-state index contributed by atoms with van der Waals surface area (Å²) in [6, 6.07) is 10.6. The van der Waals surface area contributed by atoms with Crippen LogP contribution >= 0.6 is 27.3 Å². The van der Waals surface area contributed by atoms with E-state index in [1.807, 2.05) is 0 Å². The number of benzene rings is 1. The largest absolute Gasteiger partial charge is 0.323 e. The van der Waals surface area contributed by atoms with Gasteiger partial charge < -0.3 is 5.73 Å². The summed E-state index contributed by atoms with van der Waals surface area (Å²) in [6.07, 6.45) is 0.902. The molecule has 0 radical (unpaired) electrons. The van der Waals surface area contributed by atoms with E-state index in [0.29, 0.717) is 0 Å². The SMILES string of the molecule is Cc1ccccc1CC(N)c1cc(Br)cs1. The molecular formula is C13H14BrNS. The summed E-state index contributed by atoms with van der Waals surface area (Å²) in [5.41, 5.74) is 8.85. The van der Waals surface area contributed by atoms with E-state index in [0.717, 1.165) is 10.9 Å². The molecule has 1 atom stereocenters. The van der Waals surface area contributed by atoms with Crippen LogP contribution in [0, 0.1) is 6.92 Å². The Morgan fingerprint density at radius 1 is 1.38 bits per heavy atom. The number of hydrogen-bond acceptors (Lipinski definition) is 2. The minimum absolute atomic E-state index is 0.0948. The van der Waals surface area contributed by atoms with Crippen molar-refractivity contribution in [2.45, 2.75) is 19.4 Å². The summed E-state index contributed by atoms with van der Waals surface area (Å²) in [4.78, 5) is 1.23. The van der Waals surface area contributed by atoms with Crippen LogP contribution in [0.3, 0.4) is 0 Å². The predicted octanol–water partition coefficient (Wildman–Crippen LogP) is 4.06. The fourth-order valence-corrected chi connectivity index (χ4v) is 3.15. The van der Waals surface area contributed by atoms with Gasteiger partial charge in [-0.1, -0.05) is 24.3 Å². The van der Waals surface area contributed by atoms with E-state index in [-0.39, 0.29) is 6.04 Å². The molecule has 0 amide bonds. The molecule has 1 heterocycles. The third kappa shape index (κ3) is 2.73. The molecule has 2 rings (SSSR count). The Labute approximate surface area is 108 Å². The Morgan fingerprint density at radius 3 is 2.75 bits per heavy atom. The lowest BCUT2D eigenvalue weighted by molar-refractivity contribution is 0.733. The van der Waals surface area contributed by atoms with Crippen molar-refractivity contribution in [3.05, 3.63) is 56.2 Å². The first kappa shape index (κ1) is 11.8. The van der Waals surface area contributed by atoms with E-state index in [9.17, 15) is 0 Å². The first-order valence-corrected chi connectivity index (χ1v) is 6.88. The van der Waals surface area contributed by atoms with E-state index in [2.05, 4.69) is 58.6 Å². The molecule has 16 heavy (non-hydrogen) atoms. The molecule has 0 aliphatic heterocycles. The maximum atomic E-state index is 6.20. The van der Waals surface area contributed by atoms with Crippen molar-refractivity contribution in [3.8, 4) is 0 Å². The van der Waals surface area contributed by atoms with E-state index in [4.69, 9.17) is 5.73 Å². The maximum absolute atomic E-state index is 6.20. The second kappa shape index (κ2) is 5.13. The molecule has 2 N–H and O–H groups in total. The molecule has 1 unspecified atom stereocenters. The minimum Gasteiger partial charge on any atom is -0.323 e. The van der Waals surface area contributed by atoms with Crippen LogP contribution in [0.4, 0.5) is 0 Å². The number of aryl methyl sites for hydroxylation is 1. The Hall–Kier alpha value is -0.640. The average Bonchev–Trinajstić information content (AvgIpc) is 2.68. The highest BCUT2D eigenvalue weighted by atomic mass is 79.9. The summed E-state index contributed by atoms with van der Waals surface area (Å²) in [7, 11) is 0. The number of rotatable bonds is 3. The van der Waals surface area contributed by atoms with Crippen molar-refractivity contribution < 1.29 is 0 Å². The number of hydrogen-bond donors (Lipinski definition) is 1. The fraction of sp³-hybridized carbons (Fsp3) is 0.231. The lowest BCUT2D eigenvalue weighted by Crippen LogP contribution is -2.12. The van der Waals surface area contributed by atoms with Gasteiger partial charge in [-0.25, -0.2) is 0 Å². The van der Waals surface area contributed by atoms with Crippen molar-refractivity contribution >= 4 is 27.3 Å². The van der Waals surface area contributed by atoms with Crippen LogP contribution < -0.4 is 5.73 Å². The van der Waals surface area contributed by atoms with Gasteiger partial charge in [0.15, 0.2) is 0 Å². The van der Waals surface area contributed by atoms with Gasteiger partial charge in [0.25, 0.3) is 0 Å². The Bertz CT molecular complexity index is 478. The quantitative estimate of drug-likeness (QED) is 0.908. The summed E-state index contributed by atoms with van der Waals surface area (Å²) in [5, 5.41) is 2.08. The predicted molar refractivity (Wildman–Crippen MR) is 73.8 cm³/mol. The van der Waals surface area contributed by atoms with Crippen molar-refractivity contribution in [2.75, 3.05) is 0 Å². The second-order valence-corrected chi connectivity index (χ2v) is 5.76. The van der Waals surface area contributed by atoms with Gasteiger partial charge in [-0.2, -0.15) is 0 Å². The van der Waals surface area contributed by atoms with Crippen molar-refractivity contribution in [1.82, 2.24) is 0 Å². The van der Waals surface area contributed by atoms with E-state index in [1.54, 1.807) is 11.3 Å². The lowest BCUT2D eigenvalue weighted by Gasteiger charge is -2.11. The Morgan fingerprint density at radius 2 is 2.12 bits per heavy atom. The van der Waals surface area contributed by atoms with Crippen LogP contribution in [-0.4, -0.2) is 0 Å². The topological polar surface area (TPSA) is 26.0 Å². The number of halogens is 1. The van der Waals surface area contributed by atoms with Gasteiger partial charge in [-0.05, 0) is 46.5 Å². The smallest absolute Gasteiger partial charge is 0.0431 e. The number of thiophene rings is 1. The molecule has 0 fully saturated rings. The Kier molecular flexibility index (Phi) is 3.79. The highest BCUT2D eigenvalue weighted by Gasteiger charge is 2.10. The Balaban J connectivity index is 2.13. The van der Waals surface area contributed by atoms with Gasteiger partial charge in [0, 0.05) is 20.8 Å². The number of nitrogens with two attached hydrogens (primary N) is 1. The molecule has 84 valence electrons. The third-order valence-electron chi connectivity index (χ3n) is 2.65. The highest BCUT2D eigenvalue weighted by molar-refractivity contribution is 9.10. The molecule has 0 bridgehead atoms. The normalized spacial score (nSPS) is 12.7. The van der Waals surface area contributed by atoms with Crippen LogP contribution in [0.2, 0.25) is 0 Å². The van der Waals surface area contributed by atoms with Gasteiger partial charge in [0.05, 0.1) is 0 Å². The average molecular weight is 296 g/mol. The van der Waals surface area contributed by atoms with Gasteiger partial charge >= 0.3 is 0 Å². The van der Waals surface area contributed by atoms with Gasteiger partial charge in [0.2, 0.25) is 0 Å². The molecule has 0 aliphatic rings. The molecule has 1 aromatic heterocycles. The van der Waals surface area contributed by atoms with Crippen LogP contribution in [-0.2, 0) is 6.42 Å².